The Bertz CT molecular complexity index is 865. The van der Waals surface area contributed by atoms with Gasteiger partial charge in [-0.25, -0.2) is 9.59 Å². The second-order valence-corrected chi connectivity index (χ2v) is 7.81. The Morgan fingerprint density at radius 2 is 1.36 bits per heavy atom. The van der Waals surface area contributed by atoms with Crippen LogP contribution in [0.3, 0.4) is 0 Å². The van der Waals surface area contributed by atoms with E-state index in [-0.39, 0.29) is 36.0 Å². The Kier molecular flexibility index (Phi) is 4.40. The molecule has 2 aliphatic heterocycles. The van der Waals surface area contributed by atoms with Crippen molar-refractivity contribution in [3.8, 4) is 0 Å². The lowest BCUT2D eigenvalue weighted by Crippen LogP contribution is -2.39. The van der Waals surface area contributed by atoms with E-state index in [9.17, 15) is 9.59 Å². The van der Waals surface area contributed by atoms with E-state index in [1.54, 1.807) is 36.4 Å². The van der Waals surface area contributed by atoms with Crippen molar-refractivity contribution in [3.63, 3.8) is 0 Å². The lowest BCUT2D eigenvalue weighted by Gasteiger charge is -2.27. The zero-order chi connectivity index (χ0) is 19.1. The Morgan fingerprint density at radius 3 is 2.00 bits per heavy atom. The van der Waals surface area contributed by atoms with Crippen LogP contribution < -0.4 is 0 Å². The van der Waals surface area contributed by atoms with Crippen LogP contribution >= 0.6 is 0 Å². The van der Waals surface area contributed by atoms with Gasteiger partial charge in [0.15, 0.2) is 0 Å². The van der Waals surface area contributed by atoms with Crippen LogP contribution in [0.1, 0.15) is 40.0 Å². The van der Waals surface area contributed by atoms with Crippen LogP contribution in [0.5, 0.6) is 0 Å². The molecule has 5 heteroatoms. The number of hydrogen-bond donors (Lipinski definition) is 0. The first-order valence-electron chi connectivity index (χ1n) is 9.88. The highest BCUT2D eigenvalue weighted by molar-refractivity contribution is 5.90. The van der Waals surface area contributed by atoms with Gasteiger partial charge in [-0.15, -0.1) is 0 Å². The van der Waals surface area contributed by atoms with Crippen molar-refractivity contribution in [2.24, 2.45) is 11.8 Å². The molecule has 5 nitrogen and oxygen atoms in total. The number of hydrogen-bond acceptors (Lipinski definition) is 5. The molecular formula is C23H22O5. The number of ether oxygens (including phenoxy) is 3. The number of benzene rings is 2. The smallest absolute Gasteiger partial charge is 0.338 e. The van der Waals surface area contributed by atoms with E-state index in [1.807, 2.05) is 24.3 Å². The predicted molar refractivity (Wildman–Crippen MR) is 101 cm³/mol. The number of carbonyl (C=O) groups excluding carboxylic acids is 2. The fourth-order valence-electron chi connectivity index (χ4n) is 5.04. The molecule has 0 N–H and O–H groups in total. The van der Waals surface area contributed by atoms with Gasteiger partial charge in [-0.2, -0.15) is 0 Å². The average molecular weight is 378 g/mol. The van der Waals surface area contributed by atoms with Crippen molar-refractivity contribution < 1.29 is 23.8 Å². The maximum absolute atomic E-state index is 12.7. The molecule has 0 spiro atoms. The molecule has 28 heavy (non-hydrogen) atoms. The van der Waals surface area contributed by atoms with Gasteiger partial charge in [0.2, 0.25) is 0 Å². The normalized spacial score (nSPS) is 32.7. The summed E-state index contributed by atoms with van der Waals surface area (Å²) in [4.78, 5) is 25.3. The van der Waals surface area contributed by atoms with Crippen LogP contribution in [0.15, 0.2) is 60.7 Å². The molecule has 3 aliphatic rings. The minimum atomic E-state index is -0.472. The van der Waals surface area contributed by atoms with Gasteiger partial charge in [-0.05, 0) is 49.4 Å². The molecule has 6 atom stereocenters. The number of rotatable bonds is 4. The summed E-state index contributed by atoms with van der Waals surface area (Å²) in [5, 5.41) is 0. The molecule has 2 heterocycles. The maximum atomic E-state index is 12.7. The van der Waals surface area contributed by atoms with Crippen molar-refractivity contribution in [1.82, 2.24) is 0 Å². The van der Waals surface area contributed by atoms with E-state index >= 15 is 0 Å². The monoisotopic (exact) mass is 378 g/mol. The third-order valence-corrected chi connectivity index (χ3v) is 6.26. The molecular weight excluding hydrogens is 356 g/mol. The summed E-state index contributed by atoms with van der Waals surface area (Å²) in [6, 6.07) is 17.9. The lowest BCUT2D eigenvalue weighted by molar-refractivity contribution is -0.0507. The summed E-state index contributed by atoms with van der Waals surface area (Å²) in [6.45, 7) is 0. The number of fused-ring (bicyclic) bond motifs is 5. The molecule has 0 amide bonds. The zero-order valence-corrected chi connectivity index (χ0v) is 15.4. The topological polar surface area (TPSA) is 61.8 Å². The molecule has 1 saturated carbocycles. The van der Waals surface area contributed by atoms with Crippen LogP contribution in [0.25, 0.3) is 0 Å². The fourth-order valence-corrected chi connectivity index (χ4v) is 5.04. The van der Waals surface area contributed by atoms with Crippen LogP contribution in [-0.4, -0.2) is 36.4 Å². The van der Waals surface area contributed by atoms with Gasteiger partial charge in [0.05, 0.1) is 23.3 Å². The zero-order valence-electron chi connectivity index (χ0n) is 15.4. The van der Waals surface area contributed by atoms with Crippen LogP contribution in [0.4, 0.5) is 0 Å². The first-order chi connectivity index (χ1) is 13.7. The molecule has 6 unspecified atom stereocenters. The summed E-state index contributed by atoms with van der Waals surface area (Å²) in [7, 11) is 0. The molecule has 2 saturated heterocycles. The maximum Gasteiger partial charge on any atom is 0.338 e. The Labute approximate surface area is 163 Å². The minimum absolute atomic E-state index is 0.0870. The van der Waals surface area contributed by atoms with Crippen LogP contribution in [-0.2, 0) is 14.2 Å². The SMILES string of the molecule is O=C(OC1CC2C3CCC(O3)C2C1OC(=O)c1ccccc1)c1ccccc1. The Morgan fingerprint density at radius 1 is 0.786 bits per heavy atom. The highest BCUT2D eigenvalue weighted by atomic mass is 16.6. The van der Waals surface area contributed by atoms with Gasteiger partial charge in [0, 0.05) is 5.92 Å². The minimum Gasteiger partial charge on any atom is -0.455 e. The first kappa shape index (κ1) is 17.4. The first-order valence-corrected chi connectivity index (χ1v) is 9.88. The highest BCUT2D eigenvalue weighted by Gasteiger charge is 2.60. The van der Waals surface area contributed by atoms with Gasteiger partial charge in [-0.1, -0.05) is 36.4 Å². The standard InChI is InChI=1S/C23H22O5/c24-22(14-7-3-1-4-8-14)27-19-13-16-17-11-12-18(26-17)20(16)21(19)28-23(25)15-9-5-2-6-10-15/h1-10,16-21H,11-13H2. The molecule has 3 fully saturated rings. The van der Waals surface area contributed by atoms with Crippen LogP contribution in [0.2, 0.25) is 0 Å². The molecule has 0 radical (unpaired) electrons. The summed E-state index contributed by atoms with van der Waals surface area (Å²) in [5.41, 5.74) is 1.01. The summed E-state index contributed by atoms with van der Waals surface area (Å²) >= 11 is 0. The predicted octanol–water partition coefficient (Wildman–Crippen LogP) is 3.63. The van der Waals surface area contributed by atoms with Crippen molar-refractivity contribution in [1.29, 1.82) is 0 Å². The lowest BCUT2D eigenvalue weighted by atomic mass is 9.81. The number of carbonyl (C=O) groups is 2. The molecule has 2 aromatic rings. The molecule has 0 aromatic heterocycles. The van der Waals surface area contributed by atoms with Crippen molar-refractivity contribution >= 4 is 11.9 Å². The second kappa shape index (κ2) is 7.06. The summed E-state index contributed by atoms with van der Waals surface area (Å²) < 4.78 is 17.8. The fraction of sp³-hybridized carbons (Fsp3) is 0.391. The van der Waals surface area contributed by atoms with Gasteiger partial charge >= 0.3 is 11.9 Å². The third kappa shape index (κ3) is 3.00. The van der Waals surface area contributed by atoms with E-state index in [1.165, 1.54) is 0 Å². The van der Waals surface area contributed by atoms with Crippen molar-refractivity contribution in [2.45, 2.75) is 43.7 Å². The Balaban J connectivity index is 1.37. The largest absolute Gasteiger partial charge is 0.455 e. The summed E-state index contributed by atoms with van der Waals surface area (Å²) in [5.74, 6) is -0.379. The summed E-state index contributed by atoms with van der Waals surface area (Å²) in [6.07, 6.45) is 2.05. The molecule has 1 aliphatic carbocycles. The van der Waals surface area contributed by atoms with Gasteiger partial charge in [0.25, 0.3) is 0 Å². The molecule has 144 valence electrons. The van der Waals surface area contributed by atoms with Crippen LogP contribution in [0, 0.1) is 11.8 Å². The molecule has 2 aromatic carbocycles. The van der Waals surface area contributed by atoms with E-state index in [0.717, 1.165) is 12.8 Å². The third-order valence-electron chi connectivity index (χ3n) is 6.26. The molecule has 2 bridgehead atoms. The van der Waals surface area contributed by atoms with Gasteiger partial charge in [-0.3, -0.25) is 0 Å². The van der Waals surface area contributed by atoms with Crippen molar-refractivity contribution in [2.75, 3.05) is 0 Å². The second-order valence-electron chi connectivity index (χ2n) is 7.81. The van der Waals surface area contributed by atoms with E-state index < -0.39 is 12.2 Å². The van der Waals surface area contributed by atoms with Gasteiger partial charge < -0.3 is 14.2 Å². The quantitative estimate of drug-likeness (QED) is 0.760. The van der Waals surface area contributed by atoms with E-state index in [0.29, 0.717) is 17.5 Å². The Hall–Kier alpha value is -2.66. The van der Waals surface area contributed by atoms with Crippen molar-refractivity contribution in [3.05, 3.63) is 71.8 Å². The van der Waals surface area contributed by atoms with E-state index in [2.05, 4.69) is 0 Å². The average Bonchev–Trinajstić information content (AvgIpc) is 3.43. The van der Waals surface area contributed by atoms with E-state index in [4.69, 9.17) is 14.2 Å². The highest BCUT2D eigenvalue weighted by Crippen LogP contribution is 2.53. The number of esters is 2. The molecule has 5 rings (SSSR count). The van der Waals surface area contributed by atoms with Gasteiger partial charge in [0.1, 0.15) is 12.2 Å².